The molecule has 3 aromatic rings. The van der Waals surface area contributed by atoms with Crippen molar-refractivity contribution in [1.82, 2.24) is 0 Å². The molecule has 0 heterocycles. The molecule has 0 saturated carbocycles. The number of benzene rings is 3. The van der Waals surface area contributed by atoms with E-state index in [4.69, 9.17) is 0 Å². The van der Waals surface area contributed by atoms with Crippen molar-refractivity contribution < 1.29 is 20.4 Å². The standard InChI is InChI=1S/C26H27Si.3ClH.Ti/c1-18-12-19(2)15-23(14-18)27(5,24-16-20(3)13-21(4)17-24)26-11-10-22-8-6-7-9-25(22)26;;;;/h6-17H,1-5H3;3*1H;. The summed E-state index contributed by atoms with van der Waals surface area (Å²) in [7, 11) is -2.16. The second-order valence-electron chi connectivity index (χ2n) is 8.61. The summed E-state index contributed by atoms with van der Waals surface area (Å²) in [5, 5.41) is 3.05. The van der Waals surface area contributed by atoms with Crippen LogP contribution in [0.1, 0.15) is 33.4 Å². The van der Waals surface area contributed by atoms with Gasteiger partial charge >= 0.3 is 183 Å². The van der Waals surface area contributed by atoms with Crippen molar-refractivity contribution in [3.8, 4) is 0 Å². The number of aryl methyl sites for hydroxylation is 4. The molecule has 0 aromatic heterocycles. The zero-order valence-electron chi connectivity index (χ0n) is 18.7. The zero-order chi connectivity index (χ0) is 20.1. The summed E-state index contributed by atoms with van der Waals surface area (Å²) in [6.07, 6.45) is 4.82. The van der Waals surface area contributed by atoms with Crippen molar-refractivity contribution in [1.29, 1.82) is 0 Å². The van der Waals surface area contributed by atoms with Crippen molar-refractivity contribution in [3.63, 3.8) is 0 Å². The molecule has 0 spiro atoms. The van der Waals surface area contributed by atoms with Crippen LogP contribution in [0.3, 0.4) is 0 Å². The molecule has 1 aliphatic rings. The molecule has 0 amide bonds. The third-order valence-corrected chi connectivity index (χ3v) is 14.2. The maximum absolute atomic E-state index is 2.57. The van der Waals surface area contributed by atoms with Crippen LogP contribution in [0.15, 0.2) is 66.7 Å². The Bertz CT molecular complexity index is 1020. The van der Waals surface area contributed by atoms with E-state index >= 15 is 0 Å². The summed E-state index contributed by atoms with van der Waals surface area (Å²) in [6, 6.07) is 23.3. The van der Waals surface area contributed by atoms with Gasteiger partial charge in [-0.2, -0.15) is 0 Å². The monoisotopic (exact) mass is 523 g/mol. The summed E-state index contributed by atoms with van der Waals surface area (Å²) in [6.45, 7) is 11.5. The van der Waals surface area contributed by atoms with E-state index in [0.717, 1.165) is 0 Å². The summed E-state index contributed by atoms with van der Waals surface area (Å²) < 4.78 is 0.0179. The van der Waals surface area contributed by atoms with E-state index in [0.29, 0.717) is 0 Å². The fourth-order valence-electron chi connectivity index (χ4n) is 4.89. The molecule has 1 aliphatic carbocycles. The van der Waals surface area contributed by atoms with Gasteiger partial charge in [0.2, 0.25) is 0 Å². The van der Waals surface area contributed by atoms with Gasteiger partial charge in [0.25, 0.3) is 0 Å². The molecule has 0 fully saturated rings. The minimum absolute atomic E-state index is 0. The van der Waals surface area contributed by atoms with Gasteiger partial charge in [0.1, 0.15) is 0 Å². The van der Waals surface area contributed by atoms with Crippen molar-refractivity contribution in [2.75, 3.05) is 0 Å². The normalized spacial score (nSPS) is 16.5. The Morgan fingerprint density at radius 1 is 0.677 bits per heavy atom. The number of fused-ring (bicyclic) bond motifs is 1. The predicted molar refractivity (Wildman–Crippen MR) is 142 cm³/mol. The molecule has 0 aliphatic heterocycles. The number of halogens is 3. The van der Waals surface area contributed by atoms with Crippen LogP contribution in [-0.2, 0) is 23.8 Å². The smallest absolute Gasteiger partial charge is 0.147 e. The molecular formula is C26H30Cl3SiTi. The van der Waals surface area contributed by atoms with Gasteiger partial charge in [-0.1, -0.05) is 0 Å². The first-order chi connectivity index (χ1) is 13.2. The van der Waals surface area contributed by atoms with Crippen LogP contribution in [0.2, 0.25) is 6.55 Å². The molecule has 3 aromatic carbocycles. The van der Waals surface area contributed by atoms with Gasteiger partial charge in [-0.3, -0.25) is 0 Å². The first-order valence-corrected chi connectivity index (χ1v) is 13.2. The second-order valence-corrected chi connectivity index (χ2v) is 14.8. The Morgan fingerprint density at radius 2 is 1.10 bits per heavy atom. The van der Waals surface area contributed by atoms with Crippen LogP contribution in [0.4, 0.5) is 0 Å². The summed E-state index contributed by atoms with van der Waals surface area (Å²) >= 11 is 2.47. The van der Waals surface area contributed by atoms with Gasteiger partial charge in [0.15, 0.2) is 0 Å². The Hall–Kier alpha value is -0.799. The van der Waals surface area contributed by atoms with Crippen LogP contribution in [-0.4, -0.2) is 8.07 Å². The average molecular weight is 525 g/mol. The zero-order valence-corrected chi connectivity index (χ0v) is 23.7. The maximum atomic E-state index is 2.57. The first-order valence-electron chi connectivity index (χ1n) is 9.95. The van der Waals surface area contributed by atoms with Gasteiger partial charge < -0.3 is 0 Å². The van der Waals surface area contributed by atoms with E-state index < -0.39 is 8.07 Å². The Morgan fingerprint density at radius 3 is 1.55 bits per heavy atom. The quantitative estimate of drug-likeness (QED) is 0.349. The van der Waals surface area contributed by atoms with Crippen LogP contribution in [0.5, 0.6) is 0 Å². The molecule has 31 heavy (non-hydrogen) atoms. The number of hydrogen-bond acceptors (Lipinski definition) is 0. The Labute approximate surface area is 218 Å². The van der Waals surface area contributed by atoms with Gasteiger partial charge in [-0.25, -0.2) is 0 Å². The van der Waals surface area contributed by atoms with Crippen molar-refractivity contribution in [2.24, 2.45) is 0 Å². The molecule has 1 atom stereocenters. The minimum Gasteiger partial charge on any atom is -0.147 e. The van der Waals surface area contributed by atoms with E-state index in [9.17, 15) is 0 Å². The topological polar surface area (TPSA) is 0 Å². The van der Waals surface area contributed by atoms with Gasteiger partial charge in [-0.15, -0.1) is 37.2 Å². The van der Waals surface area contributed by atoms with E-state index in [1.54, 1.807) is 0 Å². The van der Waals surface area contributed by atoms with Gasteiger partial charge in [0, 0.05) is 0 Å². The van der Waals surface area contributed by atoms with E-state index in [-0.39, 0.29) is 40.6 Å². The molecule has 0 N–H and O–H groups in total. The molecule has 4 rings (SSSR count). The molecule has 5 heteroatoms. The molecule has 163 valence electrons. The first kappa shape index (κ1) is 28.2. The molecule has 0 nitrogen and oxygen atoms in total. The molecular weight excluding hydrogens is 495 g/mol. The SMILES string of the molecule is Cc1cc(C)cc([Si](C)(c2cc(C)cc(C)c2)[C]2([Ti])C=Cc3ccccc32)c1.Cl.Cl.Cl. The third-order valence-electron chi connectivity index (χ3n) is 6.29. The fourth-order valence-corrected chi connectivity index (χ4v) is 11.2. The Kier molecular flexibility index (Phi) is 9.49. The van der Waals surface area contributed by atoms with E-state index in [2.05, 4.69) is 127 Å². The van der Waals surface area contributed by atoms with Crippen molar-refractivity contribution in [3.05, 3.63) is 100 Å². The van der Waals surface area contributed by atoms with Gasteiger partial charge in [0.05, 0.1) is 0 Å². The number of allylic oxidation sites excluding steroid dienone is 1. The Balaban J connectivity index is 0.00000160. The van der Waals surface area contributed by atoms with E-state index in [1.165, 1.54) is 43.8 Å². The van der Waals surface area contributed by atoms with Gasteiger partial charge in [-0.05, 0) is 0 Å². The third kappa shape index (κ3) is 4.78. The summed E-state index contributed by atoms with van der Waals surface area (Å²) in [5.74, 6) is 0. The number of rotatable bonds is 3. The largest absolute Gasteiger partial charge is 0.147 e. The van der Waals surface area contributed by atoms with Crippen molar-refractivity contribution >= 4 is 61.7 Å². The predicted octanol–water partition coefficient (Wildman–Crippen LogP) is 6.39. The molecule has 0 bridgehead atoms. The summed E-state index contributed by atoms with van der Waals surface area (Å²) in [5.41, 5.74) is 8.28. The number of hydrogen-bond donors (Lipinski definition) is 0. The van der Waals surface area contributed by atoms with Crippen LogP contribution >= 0.6 is 37.2 Å². The van der Waals surface area contributed by atoms with Crippen LogP contribution < -0.4 is 10.4 Å². The minimum atomic E-state index is -2.16. The summed E-state index contributed by atoms with van der Waals surface area (Å²) in [4.78, 5) is 0. The maximum Gasteiger partial charge on any atom is -0.147 e. The van der Waals surface area contributed by atoms with Crippen molar-refractivity contribution in [2.45, 2.75) is 37.6 Å². The van der Waals surface area contributed by atoms with Crippen LogP contribution in [0.25, 0.3) is 6.08 Å². The molecule has 0 saturated heterocycles. The molecule has 0 radical (unpaired) electrons. The van der Waals surface area contributed by atoms with E-state index in [1.807, 2.05) is 0 Å². The fraction of sp³-hybridized carbons (Fsp3) is 0.231. The second kappa shape index (κ2) is 10.4. The molecule has 1 unspecified atom stereocenters. The average Bonchev–Trinajstić information content (AvgIpc) is 2.98. The van der Waals surface area contributed by atoms with Crippen LogP contribution in [0, 0.1) is 27.7 Å².